The summed E-state index contributed by atoms with van der Waals surface area (Å²) >= 11 is 6.14. The molecule has 8 heteroatoms. The van der Waals surface area contributed by atoms with Gasteiger partial charge in [0.2, 0.25) is 0 Å². The van der Waals surface area contributed by atoms with Gasteiger partial charge in [-0.3, -0.25) is 4.90 Å². The van der Waals surface area contributed by atoms with Gasteiger partial charge in [-0.15, -0.1) is 24.8 Å². The van der Waals surface area contributed by atoms with E-state index in [1.165, 1.54) is 5.56 Å². The van der Waals surface area contributed by atoms with Gasteiger partial charge in [0.25, 0.3) is 0 Å². The highest BCUT2D eigenvalue weighted by Crippen LogP contribution is 2.26. The highest BCUT2D eigenvalue weighted by molar-refractivity contribution is 6.30. The summed E-state index contributed by atoms with van der Waals surface area (Å²) in [5, 5.41) is 3.84. The Balaban J connectivity index is 0.00000280. The fourth-order valence-electron chi connectivity index (χ4n) is 3.44. The van der Waals surface area contributed by atoms with E-state index in [1.807, 2.05) is 25.2 Å². The van der Waals surface area contributed by atoms with Gasteiger partial charge in [0.1, 0.15) is 12.4 Å². The molecule has 0 bridgehead atoms. The minimum atomic E-state index is 0. The van der Waals surface area contributed by atoms with Crippen LogP contribution in [-0.4, -0.2) is 56.3 Å². The Kier molecular flexibility index (Phi) is 14.3. The molecule has 1 aliphatic rings. The molecule has 0 radical (unpaired) electrons. The van der Waals surface area contributed by atoms with Gasteiger partial charge in [-0.25, -0.2) is 0 Å². The molecule has 0 amide bonds. The Bertz CT molecular complexity index is 719. The number of rotatable bonds is 8. The lowest BCUT2D eigenvalue weighted by molar-refractivity contribution is -0.0424. The van der Waals surface area contributed by atoms with Crippen LogP contribution in [0.15, 0.2) is 48.5 Å². The van der Waals surface area contributed by atoms with Crippen LogP contribution in [0.1, 0.15) is 24.2 Å². The van der Waals surface area contributed by atoms with Gasteiger partial charge in [0.15, 0.2) is 0 Å². The number of hydrogen-bond donors (Lipinski definition) is 1. The fourth-order valence-corrected chi connectivity index (χ4v) is 3.64. The number of hydrogen-bond acceptors (Lipinski definition) is 4. The molecule has 3 N–H and O–H groups in total. The first-order valence-electron chi connectivity index (χ1n) is 9.63. The zero-order chi connectivity index (χ0) is 19.1. The number of nitrogens with zero attached hydrogens (tertiary/aromatic N) is 1. The Morgan fingerprint density at radius 1 is 1.20 bits per heavy atom. The zero-order valence-corrected chi connectivity index (χ0v) is 19.9. The number of halogens is 3. The molecule has 2 unspecified atom stereocenters. The lowest BCUT2D eigenvalue weighted by Crippen LogP contribution is -2.44. The van der Waals surface area contributed by atoms with Crippen molar-refractivity contribution in [3.63, 3.8) is 0 Å². The van der Waals surface area contributed by atoms with E-state index in [-0.39, 0.29) is 36.4 Å². The van der Waals surface area contributed by atoms with Crippen LogP contribution in [-0.2, 0) is 11.2 Å². The molecule has 2 aromatic carbocycles. The third-order valence-corrected chi connectivity index (χ3v) is 5.25. The Morgan fingerprint density at radius 3 is 2.60 bits per heavy atom. The van der Waals surface area contributed by atoms with Crippen molar-refractivity contribution in [3.8, 4) is 5.75 Å². The van der Waals surface area contributed by atoms with Crippen molar-refractivity contribution in [2.24, 2.45) is 0 Å². The van der Waals surface area contributed by atoms with Crippen LogP contribution in [0.5, 0.6) is 5.75 Å². The molecule has 170 valence electrons. The minimum absolute atomic E-state index is 0. The second kappa shape index (κ2) is 14.9. The number of nitrogens with one attached hydrogen (secondary N) is 1. The SMILES string of the molecule is CNCCOc1ccc(CC(C)N2CCOC(c3cccc(Cl)c3)C2)cc1.Cl.Cl.O. The number of ether oxygens (including phenoxy) is 2. The van der Waals surface area contributed by atoms with E-state index in [2.05, 4.69) is 47.5 Å². The zero-order valence-electron chi connectivity index (χ0n) is 17.5. The van der Waals surface area contributed by atoms with Crippen molar-refractivity contribution in [2.45, 2.75) is 25.5 Å². The molecular formula is C22H33Cl3N2O3. The molecule has 2 atom stereocenters. The lowest BCUT2D eigenvalue weighted by Gasteiger charge is -2.37. The largest absolute Gasteiger partial charge is 0.492 e. The molecule has 0 spiro atoms. The highest BCUT2D eigenvalue weighted by atomic mass is 35.5. The first-order chi connectivity index (χ1) is 13.2. The lowest BCUT2D eigenvalue weighted by atomic mass is 10.0. The molecule has 1 saturated heterocycles. The van der Waals surface area contributed by atoms with Crippen LogP contribution >= 0.6 is 36.4 Å². The summed E-state index contributed by atoms with van der Waals surface area (Å²) in [4.78, 5) is 2.51. The van der Waals surface area contributed by atoms with Crippen molar-refractivity contribution >= 4 is 36.4 Å². The molecule has 1 aliphatic heterocycles. The maximum Gasteiger partial charge on any atom is 0.119 e. The van der Waals surface area contributed by atoms with E-state index in [1.54, 1.807) is 0 Å². The van der Waals surface area contributed by atoms with Gasteiger partial charge < -0.3 is 20.3 Å². The predicted octanol–water partition coefficient (Wildman–Crippen LogP) is 3.96. The van der Waals surface area contributed by atoms with Gasteiger partial charge in [0, 0.05) is 30.7 Å². The Hall–Kier alpha value is -1.05. The van der Waals surface area contributed by atoms with Gasteiger partial charge >= 0.3 is 0 Å². The van der Waals surface area contributed by atoms with Crippen molar-refractivity contribution in [1.82, 2.24) is 10.2 Å². The van der Waals surface area contributed by atoms with Crippen molar-refractivity contribution in [3.05, 3.63) is 64.7 Å². The topological polar surface area (TPSA) is 65.2 Å². The molecular weight excluding hydrogens is 447 g/mol. The minimum Gasteiger partial charge on any atom is -0.492 e. The molecule has 30 heavy (non-hydrogen) atoms. The summed E-state index contributed by atoms with van der Waals surface area (Å²) in [6.45, 7) is 6.43. The third-order valence-electron chi connectivity index (χ3n) is 5.02. The van der Waals surface area contributed by atoms with Gasteiger partial charge in [-0.1, -0.05) is 35.9 Å². The van der Waals surface area contributed by atoms with Gasteiger partial charge in [-0.05, 0) is 55.8 Å². The van der Waals surface area contributed by atoms with Crippen molar-refractivity contribution in [2.75, 3.05) is 39.9 Å². The van der Waals surface area contributed by atoms with Crippen LogP contribution < -0.4 is 10.1 Å². The second-order valence-corrected chi connectivity index (χ2v) is 7.49. The maximum atomic E-state index is 6.14. The van der Waals surface area contributed by atoms with Gasteiger partial charge in [0.05, 0.1) is 12.7 Å². The summed E-state index contributed by atoms with van der Waals surface area (Å²) in [5.74, 6) is 0.925. The maximum absolute atomic E-state index is 6.14. The van der Waals surface area contributed by atoms with Crippen LogP contribution in [0, 0.1) is 0 Å². The first-order valence-corrected chi connectivity index (χ1v) is 10.0. The average Bonchev–Trinajstić information content (AvgIpc) is 2.69. The van der Waals surface area contributed by atoms with Gasteiger partial charge in [-0.2, -0.15) is 0 Å². The number of benzene rings is 2. The molecule has 3 rings (SSSR count). The normalized spacial score (nSPS) is 17.1. The van der Waals surface area contributed by atoms with E-state index >= 15 is 0 Å². The first kappa shape index (κ1) is 28.9. The van der Waals surface area contributed by atoms with Crippen LogP contribution in [0.3, 0.4) is 0 Å². The number of likely N-dealkylation sites (N-methyl/N-ethyl adjacent to an activating group) is 1. The highest BCUT2D eigenvalue weighted by Gasteiger charge is 2.25. The Morgan fingerprint density at radius 2 is 1.93 bits per heavy atom. The van der Waals surface area contributed by atoms with E-state index in [0.717, 1.165) is 49.0 Å². The van der Waals surface area contributed by atoms with Crippen molar-refractivity contribution < 1.29 is 14.9 Å². The smallest absolute Gasteiger partial charge is 0.119 e. The second-order valence-electron chi connectivity index (χ2n) is 7.06. The summed E-state index contributed by atoms with van der Waals surface area (Å²) in [6.07, 6.45) is 1.10. The summed E-state index contributed by atoms with van der Waals surface area (Å²) in [7, 11) is 1.93. The van der Waals surface area contributed by atoms with Crippen LogP contribution in [0.25, 0.3) is 0 Å². The molecule has 0 saturated carbocycles. The molecule has 1 heterocycles. The summed E-state index contributed by atoms with van der Waals surface area (Å²) in [5.41, 5.74) is 2.48. The quantitative estimate of drug-likeness (QED) is 0.582. The average molecular weight is 480 g/mol. The van der Waals surface area contributed by atoms with E-state index in [9.17, 15) is 0 Å². The Labute approximate surface area is 197 Å². The van der Waals surface area contributed by atoms with Crippen LogP contribution in [0.2, 0.25) is 5.02 Å². The number of morpholine rings is 1. The van der Waals surface area contributed by atoms with Crippen molar-refractivity contribution in [1.29, 1.82) is 0 Å². The molecule has 0 aromatic heterocycles. The third kappa shape index (κ3) is 8.60. The summed E-state index contributed by atoms with van der Waals surface area (Å²) < 4.78 is 11.7. The molecule has 1 fully saturated rings. The molecule has 5 nitrogen and oxygen atoms in total. The monoisotopic (exact) mass is 478 g/mol. The summed E-state index contributed by atoms with van der Waals surface area (Å²) in [6, 6.07) is 16.9. The predicted molar refractivity (Wildman–Crippen MR) is 129 cm³/mol. The van der Waals surface area contributed by atoms with Crippen LogP contribution in [0.4, 0.5) is 0 Å². The van der Waals surface area contributed by atoms with E-state index in [0.29, 0.717) is 12.6 Å². The van der Waals surface area contributed by atoms with E-state index in [4.69, 9.17) is 21.1 Å². The standard InChI is InChI=1S/C22H29ClN2O2.2ClH.H2O/c1-17(14-18-6-8-21(9-7-18)26-12-10-24-2)25-11-13-27-22(16-25)19-4-3-5-20(23)15-19;;;/h3-9,15,17,22,24H,10-14,16H2,1-2H3;2*1H;1H2. The fraction of sp³-hybridized carbons (Fsp3) is 0.455. The molecule has 2 aromatic rings. The van der Waals surface area contributed by atoms with E-state index < -0.39 is 0 Å². The molecule has 0 aliphatic carbocycles.